The van der Waals surface area contributed by atoms with E-state index in [-0.39, 0.29) is 12.0 Å². The molecule has 0 spiro atoms. The quantitative estimate of drug-likeness (QED) is 0.922. The first-order valence-corrected chi connectivity index (χ1v) is 7.21. The average Bonchev–Trinajstić information content (AvgIpc) is 3.05. The number of rotatable bonds is 4. The Bertz CT molecular complexity index is 587. The Labute approximate surface area is 117 Å². The van der Waals surface area contributed by atoms with Crippen molar-refractivity contribution >= 4 is 6.01 Å². The van der Waals surface area contributed by atoms with Gasteiger partial charge in [-0.1, -0.05) is 25.9 Å². The summed E-state index contributed by atoms with van der Waals surface area (Å²) in [4.78, 5) is 8.95. The van der Waals surface area contributed by atoms with Gasteiger partial charge < -0.3 is 9.84 Å². The van der Waals surface area contributed by atoms with E-state index in [1.54, 1.807) is 0 Å². The number of aryl methyl sites for hydroxylation is 2. The van der Waals surface area contributed by atoms with Crippen LogP contribution in [0.2, 0.25) is 0 Å². The molecular weight excluding hydrogens is 256 g/mol. The van der Waals surface area contributed by atoms with E-state index in [4.69, 9.17) is 4.52 Å². The van der Waals surface area contributed by atoms with Crippen molar-refractivity contribution in [3.63, 3.8) is 0 Å². The second-order valence-electron chi connectivity index (χ2n) is 5.41. The Morgan fingerprint density at radius 3 is 2.95 bits per heavy atom. The third-order valence-electron chi connectivity index (χ3n) is 3.49. The van der Waals surface area contributed by atoms with Gasteiger partial charge >= 0.3 is 6.01 Å². The molecule has 0 saturated heterocycles. The number of nitrogens with zero attached hydrogens (tertiary/aromatic N) is 5. The molecule has 0 unspecified atom stereocenters. The highest BCUT2D eigenvalue weighted by Crippen LogP contribution is 2.27. The summed E-state index contributed by atoms with van der Waals surface area (Å²) < 4.78 is 7.23. The summed E-state index contributed by atoms with van der Waals surface area (Å²) in [6, 6.07) is 0.560. The van der Waals surface area contributed by atoms with Crippen LogP contribution >= 0.6 is 0 Å². The number of hydrogen-bond donors (Lipinski definition) is 1. The number of nitrogens with one attached hydrogen (secondary N) is 1. The van der Waals surface area contributed by atoms with E-state index >= 15 is 0 Å². The Kier molecular flexibility index (Phi) is 3.42. The maximum absolute atomic E-state index is 5.25. The molecule has 0 aliphatic carbocycles. The molecule has 1 aliphatic rings. The third-order valence-corrected chi connectivity index (χ3v) is 3.49. The molecule has 0 amide bonds. The van der Waals surface area contributed by atoms with E-state index in [2.05, 4.69) is 32.5 Å². The van der Waals surface area contributed by atoms with Crippen LogP contribution in [0.3, 0.4) is 0 Å². The molecule has 3 heterocycles. The standard InChI is InChI=1S/C13H20N6O/c1-4-10-15-12-9(6-5-7-19(12)17-10)14-13-16-11(8(2)3)18-20-13/h8-9H,4-7H2,1-3H3,(H,14,16,18)/t9-/m0/s1. The number of anilines is 1. The van der Waals surface area contributed by atoms with E-state index in [0.29, 0.717) is 6.01 Å². The van der Waals surface area contributed by atoms with Crippen molar-refractivity contribution in [3.05, 3.63) is 17.5 Å². The summed E-state index contributed by atoms with van der Waals surface area (Å²) in [6.45, 7) is 7.08. The van der Waals surface area contributed by atoms with E-state index in [0.717, 1.165) is 43.3 Å². The van der Waals surface area contributed by atoms with Crippen molar-refractivity contribution in [1.82, 2.24) is 24.9 Å². The summed E-state index contributed by atoms with van der Waals surface area (Å²) in [7, 11) is 0. The van der Waals surface area contributed by atoms with Crippen molar-refractivity contribution in [1.29, 1.82) is 0 Å². The van der Waals surface area contributed by atoms with Gasteiger partial charge in [0.2, 0.25) is 0 Å². The van der Waals surface area contributed by atoms with E-state index in [9.17, 15) is 0 Å². The molecule has 1 N–H and O–H groups in total. The average molecular weight is 276 g/mol. The lowest BCUT2D eigenvalue weighted by Gasteiger charge is -2.21. The highest BCUT2D eigenvalue weighted by Gasteiger charge is 2.25. The zero-order chi connectivity index (χ0) is 14.1. The molecule has 0 bridgehead atoms. The number of hydrogen-bond acceptors (Lipinski definition) is 6. The van der Waals surface area contributed by atoms with Crippen molar-refractivity contribution < 1.29 is 4.52 Å². The summed E-state index contributed by atoms with van der Waals surface area (Å²) in [5, 5.41) is 11.7. The van der Waals surface area contributed by atoms with Crippen molar-refractivity contribution in [2.45, 2.75) is 58.5 Å². The first-order chi connectivity index (χ1) is 9.67. The van der Waals surface area contributed by atoms with Crippen LogP contribution in [0.25, 0.3) is 0 Å². The van der Waals surface area contributed by atoms with Gasteiger partial charge in [-0.05, 0) is 12.8 Å². The van der Waals surface area contributed by atoms with E-state index < -0.39 is 0 Å². The Hall–Kier alpha value is -1.92. The lowest BCUT2D eigenvalue weighted by molar-refractivity contribution is 0.396. The molecule has 0 saturated carbocycles. The van der Waals surface area contributed by atoms with Gasteiger partial charge in [0.05, 0.1) is 6.04 Å². The predicted molar refractivity (Wildman–Crippen MR) is 73.4 cm³/mol. The van der Waals surface area contributed by atoms with Gasteiger partial charge in [0.15, 0.2) is 11.6 Å². The summed E-state index contributed by atoms with van der Waals surface area (Å²) in [6.07, 6.45) is 2.92. The summed E-state index contributed by atoms with van der Waals surface area (Å²) in [5.41, 5.74) is 0. The fourth-order valence-corrected chi connectivity index (χ4v) is 2.36. The lowest BCUT2D eigenvalue weighted by atomic mass is 10.1. The Balaban J connectivity index is 1.79. The third kappa shape index (κ3) is 2.39. The maximum atomic E-state index is 5.25. The van der Waals surface area contributed by atoms with Crippen LogP contribution in [0, 0.1) is 0 Å². The molecule has 1 aliphatic heterocycles. The van der Waals surface area contributed by atoms with Crippen molar-refractivity contribution in [2.75, 3.05) is 5.32 Å². The highest BCUT2D eigenvalue weighted by atomic mass is 16.5. The lowest BCUT2D eigenvalue weighted by Crippen LogP contribution is -2.22. The zero-order valence-corrected chi connectivity index (χ0v) is 12.1. The van der Waals surface area contributed by atoms with Crippen LogP contribution in [0.4, 0.5) is 6.01 Å². The molecule has 20 heavy (non-hydrogen) atoms. The van der Waals surface area contributed by atoms with Gasteiger partial charge in [-0.15, -0.1) is 0 Å². The van der Waals surface area contributed by atoms with E-state index in [1.807, 2.05) is 18.5 Å². The largest absolute Gasteiger partial charge is 0.328 e. The monoisotopic (exact) mass is 276 g/mol. The smallest absolute Gasteiger partial charge is 0.322 e. The Morgan fingerprint density at radius 2 is 2.25 bits per heavy atom. The maximum Gasteiger partial charge on any atom is 0.322 e. The van der Waals surface area contributed by atoms with Gasteiger partial charge in [-0.2, -0.15) is 10.1 Å². The Morgan fingerprint density at radius 1 is 1.40 bits per heavy atom. The molecule has 2 aromatic rings. The van der Waals surface area contributed by atoms with Crippen LogP contribution in [0.1, 0.15) is 63.0 Å². The van der Waals surface area contributed by atoms with E-state index in [1.165, 1.54) is 0 Å². The molecule has 7 heteroatoms. The number of aromatic nitrogens is 5. The molecular formula is C13H20N6O. The first kappa shape index (κ1) is 13.1. The van der Waals surface area contributed by atoms with Crippen LogP contribution < -0.4 is 5.32 Å². The van der Waals surface area contributed by atoms with Crippen molar-refractivity contribution in [2.24, 2.45) is 0 Å². The van der Waals surface area contributed by atoms with Crippen LogP contribution in [0.5, 0.6) is 0 Å². The SMILES string of the molecule is CCc1nc2n(n1)CCC[C@@H]2Nc1nc(C(C)C)no1. The minimum Gasteiger partial charge on any atom is -0.328 e. The van der Waals surface area contributed by atoms with Crippen LogP contribution in [-0.4, -0.2) is 24.9 Å². The molecule has 108 valence electrons. The second kappa shape index (κ2) is 5.22. The summed E-state index contributed by atoms with van der Waals surface area (Å²) >= 11 is 0. The molecule has 0 radical (unpaired) electrons. The van der Waals surface area contributed by atoms with Gasteiger partial charge in [0.1, 0.15) is 5.82 Å². The molecule has 3 rings (SSSR count). The molecule has 0 fully saturated rings. The predicted octanol–water partition coefficient (Wildman–Crippen LogP) is 2.29. The molecule has 2 aromatic heterocycles. The first-order valence-electron chi connectivity index (χ1n) is 7.21. The number of fused-ring (bicyclic) bond motifs is 1. The van der Waals surface area contributed by atoms with Gasteiger partial charge in [0, 0.05) is 18.9 Å². The van der Waals surface area contributed by atoms with Crippen LogP contribution in [-0.2, 0) is 13.0 Å². The fraction of sp³-hybridized carbons (Fsp3) is 0.692. The topological polar surface area (TPSA) is 81.7 Å². The normalized spacial score (nSPS) is 18.3. The minimum absolute atomic E-state index is 0.0945. The van der Waals surface area contributed by atoms with Gasteiger partial charge in [0.25, 0.3) is 0 Å². The zero-order valence-electron chi connectivity index (χ0n) is 12.1. The van der Waals surface area contributed by atoms with Crippen molar-refractivity contribution in [3.8, 4) is 0 Å². The summed E-state index contributed by atoms with van der Waals surface area (Å²) in [5.74, 6) is 2.84. The molecule has 1 atom stereocenters. The fourth-order valence-electron chi connectivity index (χ4n) is 2.36. The molecule has 0 aromatic carbocycles. The van der Waals surface area contributed by atoms with Gasteiger partial charge in [-0.25, -0.2) is 9.67 Å². The van der Waals surface area contributed by atoms with Gasteiger partial charge in [-0.3, -0.25) is 0 Å². The minimum atomic E-state index is 0.0945. The highest BCUT2D eigenvalue weighted by molar-refractivity contribution is 5.24. The second-order valence-corrected chi connectivity index (χ2v) is 5.41. The van der Waals surface area contributed by atoms with Crippen LogP contribution in [0.15, 0.2) is 4.52 Å². The molecule has 7 nitrogen and oxygen atoms in total.